The summed E-state index contributed by atoms with van der Waals surface area (Å²) in [7, 11) is 2.03. The summed E-state index contributed by atoms with van der Waals surface area (Å²) < 4.78 is 1.76. The van der Waals surface area contributed by atoms with Crippen LogP contribution in [0.3, 0.4) is 0 Å². The highest BCUT2D eigenvalue weighted by molar-refractivity contribution is 5.45. The van der Waals surface area contributed by atoms with Gasteiger partial charge in [0.05, 0.1) is 0 Å². The summed E-state index contributed by atoms with van der Waals surface area (Å²) in [6.45, 7) is 2.72. The Bertz CT molecular complexity index is 689. The molecular weight excluding hydrogens is 238 g/mol. The van der Waals surface area contributed by atoms with Gasteiger partial charge in [0.15, 0.2) is 11.5 Å². The molecule has 3 aromatic rings. The quantitative estimate of drug-likeness (QED) is 0.717. The molecular formula is C14H15N5. The standard InChI is InChI=1S/C14H15N5/c1-11-15-16-13-8-9-14(17-19(11)13)18(2)10-12-6-4-3-5-7-12/h3-9H,10H2,1-2H3. The Kier molecular flexibility index (Phi) is 2.87. The molecule has 2 aromatic heterocycles. The molecule has 0 radical (unpaired) electrons. The molecule has 0 amide bonds. The van der Waals surface area contributed by atoms with Gasteiger partial charge in [-0.15, -0.1) is 15.3 Å². The van der Waals surface area contributed by atoms with Crippen molar-refractivity contribution in [1.29, 1.82) is 0 Å². The molecule has 0 atom stereocenters. The minimum Gasteiger partial charge on any atom is -0.354 e. The first kappa shape index (κ1) is 11.6. The third-order valence-electron chi connectivity index (χ3n) is 3.06. The topological polar surface area (TPSA) is 46.3 Å². The SMILES string of the molecule is Cc1nnc2ccc(N(C)Cc3ccccc3)nn12. The molecule has 0 unspecified atom stereocenters. The fraction of sp³-hybridized carbons (Fsp3) is 0.214. The van der Waals surface area contributed by atoms with Crippen LogP contribution in [0.4, 0.5) is 5.82 Å². The van der Waals surface area contributed by atoms with Gasteiger partial charge >= 0.3 is 0 Å². The van der Waals surface area contributed by atoms with E-state index in [4.69, 9.17) is 0 Å². The van der Waals surface area contributed by atoms with E-state index < -0.39 is 0 Å². The van der Waals surface area contributed by atoms with E-state index in [1.807, 2.05) is 44.3 Å². The van der Waals surface area contributed by atoms with Gasteiger partial charge in [0.2, 0.25) is 0 Å². The molecule has 1 aromatic carbocycles. The van der Waals surface area contributed by atoms with Crippen LogP contribution in [0.15, 0.2) is 42.5 Å². The van der Waals surface area contributed by atoms with Crippen LogP contribution in [0.25, 0.3) is 5.65 Å². The van der Waals surface area contributed by atoms with Gasteiger partial charge in [-0.05, 0) is 24.6 Å². The van der Waals surface area contributed by atoms with Crippen molar-refractivity contribution >= 4 is 11.5 Å². The summed E-state index contributed by atoms with van der Waals surface area (Å²) >= 11 is 0. The Balaban J connectivity index is 1.89. The van der Waals surface area contributed by atoms with Crippen LogP contribution < -0.4 is 4.90 Å². The van der Waals surface area contributed by atoms with Crippen molar-refractivity contribution in [3.8, 4) is 0 Å². The first-order chi connectivity index (χ1) is 9.24. The van der Waals surface area contributed by atoms with Gasteiger partial charge in [-0.1, -0.05) is 30.3 Å². The van der Waals surface area contributed by atoms with Crippen LogP contribution >= 0.6 is 0 Å². The number of rotatable bonds is 3. The number of benzene rings is 1. The van der Waals surface area contributed by atoms with Crippen molar-refractivity contribution in [1.82, 2.24) is 19.8 Å². The molecule has 0 N–H and O–H groups in total. The normalized spacial score (nSPS) is 10.8. The second kappa shape index (κ2) is 4.68. The van der Waals surface area contributed by atoms with Crippen molar-refractivity contribution < 1.29 is 0 Å². The molecule has 0 aliphatic carbocycles. The number of fused-ring (bicyclic) bond motifs is 1. The lowest BCUT2D eigenvalue weighted by atomic mass is 10.2. The summed E-state index contributed by atoms with van der Waals surface area (Å²) in [5.41, 5.74) is 2.03. The highest BCUT2D eigenvalue weighted by Gasteiger charge is 2.07. The van der Waals surface area contributed by atoms with E-state index in [0.717, 1.165) is 23.8 Å². The zero-order chi connectivity index (χ0) is 13.2. The molecule has 3 rings (SSSR count). The average Bonchev–Trinajstić information content (AvgIpc) is 2.81. The maximum atomic E-state index is 4.55. The van der Waals surface area contributed by atoms with E-state index in [1.165, 1.54) is 5.56 Å². The number of nitrogens with zero attached hydrogens (tertiary/aromatic N) is 5. The zero-order valence-corrected chi connectivity index (χ0v) is 11.0. The Morgan fingerprint density at radius 2 is 1.84 bits per heavy atom. The summed E-state index contributed by atoms with van der Waals surface area (Å²) in [5.74, 6) is 1.70. The molecule has 2 heterocycles. The first-order valence-electron chi connectivity index (χ1n) is 6.18. The smallest absolute Gasteiger partial charge is 0.178 e. The summed E-state index contributed by atoms with van der Waals surface area (Å²) in [4.78, 5) is 2.11. The average molecular weight is 253 g/mol. The predicted molar refractivity (Wildman–Crippen MR) is 74.1 cm³/mol. The van der Waals surface area contributed by atoms with Gasteiger partial charge in [-0.3, -0.25) is 0 Å². The maximum absolute atomic E-state index is 4.55. The van der Waals surface area contributed by atoms with Gasteiger partial charge in [0, 0.05) is 13.6 Å². The van der Waals surface area contributed by atoms with Crippen molar-refractivity contribution in [3.05, 3.63) is 53.9 Å². The lowest BCUT2D eigenvalue weighted by molar-refractivity contribution is 0.819. The molecule has 0 saturated heterocycles. The molecule has 0 aliphatic rings. The van der Waals surface area contributed by atoms with Gasteiger partial charge in [0.1, 0.15) is 5.82 Å². The molecule has 0 fully saturated rings. The van der Waals surface area contributed by atoms with E-state index in [9.17, 15) is 0 Å². The van der Waals surface area contributed by atoms with Gasteiger partial charge in [-0.25, -0.2) is 0 Å². The highest BCUT2D eigenvalue weighted by atomic mass is 15.4. The van der Waals surface area contributed by atoms with E-state index in [-0.39, 0.29) is 0 Å². The second-order valence-corrected chi connectivity index (χ2v) is 4.55. The predicted octanol–water partition coefficient (Wildman–Crippen LogP) is 2.07. The molecule has 19 heavy (non-hydrogen) atoms. The Morgan fingerprint density at radius 3 is 2.63 bits per heavy atom. The number of hydrogen-bond acceptors (Lipinski definition) is 4. The van der Waals surface area contributed by atoms with Crippen LogP contribution in [0.2, 0.25) is 0 Å². The summed E-state index contributed by atoms with van der Waals surface area (Å²) in [6, 6.07) is 14.2. The fourth-order valence-corrected chi connectivity index (χ4v) is 2.03. The minimum atomic E-state index is 0.773. The van der Waals surface area contributed by atoms with Crippen LogP contribution in [0, 0.1) is 6.92 Å². The van der Waals surface area contributed by atoms with Gasteiger partial charge in [-0.2, -0.15) is 4.52 Å². The van der Waals surface area contributed by atoms with E-state index in [1.54, 1.807) is 4.52 Å². The van der Waals surface area contributed by atoms with Crippen molar-refractivity contribution in [3.63, 3.8) is 0 Å². The zero-order valence-electron chi connectivity index (χ0n) is 11.0. The van der Waals surface area contributed by atoms with E-state index in [2.05, 4.69) is 32.3 Å². The molecule has 0 saturated carbocycles. The lowest BCUT2D eigenvalue weighted by Gasteiger charge is -2.18. The van der Waals surface area contributed by atoms with Crippen molar-refractivity contribution in [2.45, 2.75) is 13.5 Å². The minimum absolute atomic E-state index is 0.773. The summed E-state index contributed by atoms with van der Waals surface area (Å²) in [5, 5.41) is 12.6. The molecule has 0 aliphatic heterocycles. The van der Waals surface area contributed by atoms with Crippen LogP contribution in [-0.2, 0) is 6.54 Å². The Hall–Kier alpha value is -2.43. The number of aryl methyl sites for hydroxylation is 1. The van der Waals surface area contributed by atoms with Crippen LogP contribution in [0.1, 0.15) is 11.4 Å². The molecule has 0 spiro atoms. The Morgan fingerprint density at radius 1 is 1.05 bits per heavy atom. The number of hydrogen-bond donors (Lipinski definition) is 0. The highest BCUT2D eigenvalue weighted by Crippen LogP contribution is 2.13. The van der Waals surface area contributed by atoms with Crippen molar-refractivity contribution in [2.75, 3.05) is 11.9 Å². The molecule has 5 heteroatoms. The number of anilines is 1. The van der Waals surface area contributed by atoms with Crippen molar-refractivity contribution in [2.24, 2.45) is 0 Å². The van der Waals surface area contributed by atoms with Gasteiger partial charge in [0.25, 0.3) is 0 Å². The third kappa shape index (κ3) is 2.27. The fourth-order valence-electron chi connectivity index (χ4n) is 2.03. The van der Waals surface area contributed by atoms with Gasteiger partial charge < -0.3 is 4.90 Å². The first-order valence-corrected chi connectivity index (χ1v) is 6.18. The monoisotopic (exact) mass is 253 g/mol. The Labute approximate surface area is 111 Å². The number of aromatic nitrogens is 4. The lowest BCUT2D eigenvalue weighted by Crippen LogP contribution is -2.18. The summed E-state index contributed by atoms with van der Waals surface area (Å²) in [6.07, 6.45) is 0. The largest absolute Gasteiger partial charge is 0.354 e. The molecule has 96 valence electrons. The second-order valence-electron chi connectivity index (χ2n) is 4.55. The maximum Gasteiger partial charge on any atom is 0.178 e. The molecule has 5 nitrogen and oxygen atoms in total. The van der Waals surface area contributed by atoms with E-state index in [0.29, 0.717) is 0 Å². The van der Waals surface area contributed by atoms with Crippen LogP contribution in [-0.4, -0.2) is 26.9 Å². The molecule has 0 bridgehead atoms. The third-order valence-corrected chi connectivity index (χ3v) is 3.06. The van der Waals surface area contributed by atoms with E-state index >= 15 is 0 Å². The van der Waals surface area contributed by atoms with Crippen LogP contribution in [0.5, 0.6) is 0 Å².